The summed E-state index contributed by atoms with van der Waals surface area (Å²) >= 11 is 7.48. The fourth-order valence-electron chi connectivity index (χ4n) is 2.20. The number of carbonyl (C=O) groups excluding carboxylic acids is 1. The van der Waals surface area contributed by atoms with E-state index in [1.165, 1.54) is 10.9 Å². The van der Waals surface area contributed by atoms with E-state index in [9.17, 15) is 9.59 Å². The third-order valence-corrected chi connectivity index (χ3v) is 4.27. The van der Waals surface area contributed by atoms with Gasteiger partial charge in [-0.15, -0.1) is 0 Å². The Bertz CT molecular complexity index is 839. The summed E-state index contributed by atoms with van der Waals surface area (Å²) in [5, 5.41) is 13.4. The normalized spacial score (nSPS) is 12.0. The van der Waals surface area contributed by atoms with Crippen LogP contribution in [0.15, 0.2) is 52.2 Å². The van der Waals surface area contributed by atoms with E-state index in [1.807, 2.05) is 29.0 Å². The van der Waals surface area contributed by atoms with Gasteiger partial charge in [0.05, 0.1) is 6.04 Å². The second-order valence-electron chi connectivity index (χ2n) is 4.90. The molecule has 3 rings (SSSR count). The summed E-state index contributed by atoms with van der Waals surface area (Å²) in [6, 6.07) is 8.96. The van der Waals surface area contributed by atoms with Crippen LogP contribution >= 0.6 is 22.9 Å². The molecule has 0 unspecified atom stereocenters. The maximum Gasteiger partial charge on any atom is 0.343 e. The highest BCUT2D eigenvalue weighted by atomic mass is 35.5. The molecule has 118 valence electrons. The van der Waals surface area contributed by atoms with Crippen LogP contribution in [0.25, 0.3) is 0 Å². The molecule has 3 aromatic rings. The number of nitrogens with zero attached hydrogens (tertiary/aromatic N) is 2. The largest absolute Gasteiger partial charge is 0.344 e. The lowest BCUT2D eigenvalue weighted by Crippen LogP contribution is -2.34. The third-order valence-electron chi connectivity index (χ3n) is 3.32. The van der Waals surface area contributed by atoms with Gasteiger partial charge in [0, 0.05) is 5.02 Å². The number of aromatic nitrogens is 3. The van der Waals surface area contributed by atoms with Crippen LogP contribution in [0, 0.1) is 0 Å². The van der Waals surface area contributed by atoms with Crippen molar-refractivity contribution in [1.82, 2.24) is 20.1 Å². The van der Waals surface area contributed by atoms with Crippen molar-refractivity contribution in [3.05, 3.63) is 74.1 Å². The van der Waals surface area contributed by atoms with E-state index in [2.05, 4.69) is 15.5 Å². The first kappa shape index (κ1) is 15.5. The molecular formula is C15H13ClN4O2S. The number of thiophene rings is 1. The SMILES string of the molecule is O=C(Cn1cn[nH]c1=O)N[C@H](c1ccc(Cl)cc1)c1ccsc1. The van der Waals surface area contributed by atoms with Crippen LogP contribution in [0.4, 0.5) is 0 Å². The number of aromatic amines is 1. The molecule has 1 atom stereocenters. The highest BCUT2D eigenvalue weighted by molar-refractivity contribution is 7.08. The Balaban J connectivity index is 1.82. The Morgan fingerprint density at radius 2 is 2.09 bits per heavy atom. The first-order chi connectivity index (χ1) is 11.1. The van der Waals surface area contributed by atoms with Crippen molar-refractivity contribution in [2.45, 2.75) is 12.6 Å². The minimum absolute atomic E-state index is 0.0937. The van der Waals surface area contributed by atoms with Gasteiger partial charge in [0.2, 0.25) is 5.91 Å². The molecule has 2 N–H and O–H groups in total. The van der Waals surface area contributed by atoms with E-state index >= 15 is 0 Å². The minimum atomic E-state index is -0.418. The Kier molecular flexibility index (Phi) is 4.59. The Labute approximate surface area is 140 Å². The number of hydrogen-bond donors (Lipinski definition) is 2. The first-order valence-corrected chi connectivity index (χ1v) is 8.12. The maximum atomic E-state index is 12.3. The van der Waals surface area contributed by atoms with Crippen LogP contribution in [0.1, 0.15) is 17.2 Å². The van der Waals surface area contributed by atoms with Gasteiger partial charge in [-0.25, -0.2) is 9.89 Å². The Hall–Kier alpha value is -2.38. The lowest BCUT2D eigenvalue weighted by Gasteiger charge is -2.18. The van der Waals surface area contributed by atoms with E-state index in [1.54, 1.807) is 23.5 Å². The van der Waals surface area contributed by atoms with Crippen molar-refractivity contribution in [1.29, 1.82) is 0 Å². The molecular weight excluding hydrogens is 336 g/mol. The molecule has 0 bridgehead atoms. The predicted molar refractivity (Wildman–Crippen MR) is 88.6 cm³/mol. The van der Waals surface area contributed by atoms with E-state index in [-0.39, 0.29) is 18.5 Å². The summed E-state index contributed by atoms with van der Waals surface area (Å²) in [6.07, 6.45) is 1.30. The molecule has 2 aromatic heterocycles. The van der Waals surface area contributed by atoms with Gasteiger partial charge in [-0.1, -0.05) is 23.7 Å². The standard InChI is InChI=1S/C15H13ClN4O2S/c16-12-3-1-10(2-4-12)14(11-5-6-23-8-11)18-13(21)7-20-9-17-19-15(20)22/h1-6,8-9,14H,7H2,(H,18,21)(H,19,22)/t14-/m1/s1. The molecule has 23 heavy (non-hydrogen) atoms. The summed E-state index contributed by atoms with van der Waals surface area (Å²) < 4.78 is 1.21. The highest BCUT2D eigenvalue weighted by Crippen LogP contribution is 2.25. The van der Waals surface area contributed by atoms with Gasteiger partial charge < -0.3 is 5.32 Å². The van der Waals surface area contributed by atoms with E-state index in [4.69, 9.17) is 11.6 Å². The number of amides is 1. The quantitative estimate of drug-likeness (QED) is 0.741. The molecule has 0 aliphatic carbocycles. The fourth-order valence-corrected chi connectivity index (χ4v) is 3.01. The second-order valence-corrected chi connectivity index (χ2v) is 6.11. The number of rotatable bonds is 5. The Morgan fingerprint density at radius 3 is 2.70 bits per heavy atom. The van der Waals surface area contributed by atoms with Crippen molar-refractivity contribution >= 4 is 28.8 Å². The van der Waals surface area contributed by atoms with Gasteiger partial charge in [-0.2, -0.15) is 16.4 Å². The van der Waals surface area contributed by atoms with Gasteiger partial charge in [0.25, 0.3) is 0 Å². The first-order valence-electron chi connectivity index (χ1n) is 6.80. The van der Waals surface area contributed by atoms with Crippen molar-refractivity contribution in [2.24, 2.45) is 0 Å². The van der Waals surface area contributed by atoms with E-state index in [0.717, 1.165) is 11.1 Å². The zero-order valence-corrected chi connectivity index (χ0v) is 13.5. The van der Waals surface area contributed by atoms with Crippen LogP contribution in [0.3, 0.4) is 0 Å². The molecule has 0 aliphatic rings. The zero-order chi connectivity index (χ0) is 16.2. The van der Waals surface area contributed by atoms with Crippen LogP contribution in [-0.2, 0) is 11.3 Å². The van der Waals surface area contributed by atoms with Gasteiger partial charge in [-0.05, 0) is 40.1 Å². The molecule has 6 nitrogen and oxygen atoms in total. The third kappa shape index (κ3) is 3.69. The van der Waals surface area contributed by atoms with Crippen molar-refractivity contribution < 1.29 is 4.79 Å². The average Bonchev–Trinajstić information content (AvgIpc) is 3.19. The summed E-state index contributed by atoms with van der Waals surface area (Å²) in [5.41, 5.74) is 1.48. The molecule has 0 aliphatic heterocycles. The summed E-state index contributed by atoms with van der Waals surface area (Å²) in [7, 11) is 0. The Morgan fingerprint density at radius 1 is 1.30 bits per heavy atom. The fraction of sp³-hybridized carbons (Fsp3) is 0.133. The summed E-state index contributed by atoms with van der Waals surface area (Å²) in [5.74, 6) is -0.278. The van der Waals surface area contributed by atoms with Crippen molar-refractivity contribution in [3.8, 4) is 0 Å². The summed E-state index contributed by atoms with van der Waals surface area (Å²) in [6.45, 7) is -0.0937. The molecule has 0 spiro atoms. The molecule has 1 aromatic carbocycles. The van der Waals surface area contributed by atoms with Crippen LogP contribution in [-0.4, -0.2) is 20.7 Å². The monoisotopic (exact) mass is 348 g/mol. The molecule has 2 heterocycles. The number of nitrogens with one attached hydrogen (secondary N) is 2. The van der Waals surface area contributed by atoms with Gasteiger partial charge in [-0.3, -0.25) is 9.36 Å². The van der Waals surface area contributed by atoms with Gasteiger partial charge in [0.15, 0.2) is 0 Å². The molecule has 0 fully saturated rings. The molecule has 0 radical (unpaired) electrons. The van der Waals surface area contributed by atoms with Crippen molar-refractivity contribution in [3.63, 3.8) is 0 Å². The average molecular weight is 349 g/mol. The van der Waals surface area contributed by atoms with Crippen LogP contribution in [0.2, 0.25) is 5.02 Å². The topological polar surface area (TPSA) is 79.8 Å². The molecule has 0 saturated heterocycles. The summed E-state index contributed by atoms with van der Waals surface area (Å²) in [4.78, 5) is 23.7. The lowest BCUT2D eigenvalue weighted by atomic mass is 10.0. The number of benzene rings is 1. The van der Waals surface area contributed by atoms with Gasteiger partial charge >= 0.3 is 5.69 Å². The minimum Gasteiger partial charge on any atom is -0.344 e. The second kappa shape index (κ2) is 6.80. The van der Waals surface area contributed by atoms with Crippen LogP contribution in [0.5, 0.6) is 0 Å². The maximum absolute atomic E-state index is 12.3. The van der Waals surface area contributed by atoms with E-state index < -0.39 is 5.69 Å². The lowest BCUT2D eigenvalue weighted by molar-refractivity contribution is -0.122. The highest BCUT2D eigenvalue weighted by Gasteiger charge is 2.18. The van der Waals surface area contributed by atoms with Crippen molar-refractivity contribution in [2.75, 3.05) is 0 Å². The molecule has 8 heteroatoms. The number of halogens is 1. The number of carbonyl (C=O) groups is 1. The predicted octanol–water partition coefficient (Wildman–Crippen LogP) is 2.19. The molecule has 1 amide bonds. The number of hydrogen-bond acceptors (Lipinski definition) is 4. The van der Waals surface area contributed by atoms with E-state index in [0.29, 0.717) is 5.02 Å². The molecule has 0 saturated carbocycles. The zero-order valence-electron chi connectivity index (χ0n) is 11.9. The van der Waals surface area contributed by atoms with Crippen LogP contribution < -0.4 is 11.0 Å². The number of H-pyrrole nitrogens is 1. The smallest absolute Gasteiger partial charge is 0.343 e. The van der Waals surface area contributed by atoms with Gasteiger partial charge in [0.1, 0.15) is 12.9 Å².